The molecule has 116 valence electrons. The van der Waals surface area contributed by atoms with Crippen LogP contribution >= 0.6 is 11.8 Å². The van der Waals surface area contributed by atoms with Crippen molar-refractivity contribution in [3.8, 4) is 0 Å². The molecule has 0 bridgehead atoms. The van der Waals surface area contributed by atoms with E-state index in [1.165, 1.54) is 17.3 Å². The van der Waals surface area contributed by atoms with Crippen molar-refractivity contribution in [1.82, 2.24) is 5.32 Å². The third kappa shape index (κ3) is 4.48. The molecule has 1 aromatic carbocycles. The number of nitrogens with one attached hydrogen (secondary N) is 1. The summed E-state index contributed by atoms with van der Waals surface area (Å²) in [4.78, 5) is 13.1. The number of carbonyl (C=O) groups excluding carboxylic acids is 1. The van der Waals surface area contributed by atoms with Crippen LogP contribution in [0.2, 0.25) is 0 Å². The van der Waals surface area contributed by atoms with E-state index in [1.807, 2.05) is 26.0 Å². The first-order valence-corrected chi connectivity index (χ1v) is 9.71. The van der Waals surface area contributed by atoms with Crippen LogP contribution in [0.4, 0.5) is 0 Å². The Bertz CT molecular complexity index is 655. The molecular weight excluding hydrogens is 306 g/mol. The Balaban J connectivity index is 1.91. The van der Waals surface area contributed by atoms with Gasteiger partial charge in [-0.05, 0) is 38.8 Å². The first-order chi connectivity index (χ1) is 9.69. The van der Waals surface area contributed by atoms with E-state index in [-0.39, 0.29) is 17.4 Å². The van der Waals surface area contributed by atoms with E-state index < -0.39 is 15.4 Å². The van der Waals surface area contributed by atoms with Gasteiger partial charge in [0.15, 0.2) is 9.84 Å². The Hall–Kier alpha value is -1.01. The number of benzene rings is 1. The molecule has 0 radical (unpaired) electrons. The molecule has 2 rings (SSSR count). The fourth-order valence-corrected chi connectivity index (χ4v) is 5.49. The summed E-state index contributed by atoms with van der Waals surface area (Å²) < 4.78 is 23.1. The van der Waals surface area contributed by atoms with Crippen molar-refractivity contribution in [2.24, 2.45) is 0 Å². The Morgan fingerprint density at radius 2 is 2.10 bits per heavy atom. The van der Waals surface area contributed by atoms with Gasteiger partial charge in [0.2, 0.25) is 5.91 Å². The molecule has 1 saturated heterocycles. The molecule has 0 spiro atoms. The van der Waals surface area contributed by atoms with Crippen LogP contribution in [0.1, 0.15) is 24.5 Å². The van der Waals surface area contributed by atoms with Gasteiger partial charge in [0.1, 0.15) is 0 Å². The summed E-state index contributed by atoms with van der Waals surface area (Å²) in [6.45, 7) is 5.87. The summed E-state index contributed by atoms with van der Waals surface area (Å²) in [6.07, 6.45) is 0.495. The second-order valence-electron chi connectivity index (χ2n) is 6.01. The molecule has 0 aromatic heterocycles. The highest BCUT2D eigenvalue weighted by Gasteiger charge is 2.39. The summed E-state index contributed by atoms with van der Waals surface area (Å²) in [5.41, 5.74) is 1.74. The largest absolute Gasteiger partial charge is 0.349 e. The van der Waals surface area contributed by atoms with Crippen molar-refractivity contribution in [2.75, 3.05) is 17.3 Å². The highest BCUT2D eigenvalue weighted by atomic mass is 32.2. The maximum absolute atomic E-state index is 12.0. The average molecular weight is 327 g/mol. The molecule has 1 atom stereocenters. The van der Waals surface area contributed by atoms with E-state index in [4.69, 9.17) is 0 Å². The van der Waals surface area contributed by atoms with E-state index >= 15 is 0 Å². The van der Waals surface area contributed by atoms with Gasteiger partial charge >= 0.3 is 0 Å². The molecule has 1 N–H and O–H groups in total. The van der Waals surface area contributed by atoms with Gasteiger partial charge in [-0.1, -0.05) is 17.7 Å². The van der Waals surface area contributed by atoms with Crippen molar-refractivity contribution in [3.05, 3.63) is 29.3 Å². The zero-order valence-corrected chi connectivity index (χ0v) is 14.2. The molecule has 6 heteroatoms. The summed E-state index contributed by atoms with van der Waals surface area (Å²) in [7, 11) is -3.00. The van der Waals surface area contributed by atoms with Gasteiger partial charge in [-0.25, -0.2) is 8.42 Å². The SMILES string of the molecule is Cc1ccc(SCC(=O)N[C@@]2(C)CCS(=O)(=O)C2)c(C)c1. The van der Waals surface area contributed by atoms with E-state index in [0.29, 0.717) is 12.2 Å². The summed E-state index contributed by atoms with van der Waals surface area (Å²) >= 11 is 1.48. The molecule has 21 heavy (non-hydrogen) atoms. The van der Waals surface area contributed by atoms with Crippen LogP contribution < -0.4 is 5.32 Å². The third-order valence-electron chi connectivity index (χ3n) is 3.63. The lowest BCUT2D eigenvalue weighted by Gasteiger charge is -2.23. The fraction of sp³-hybridized carbons (Fsp3) is 0.533. The monoisotopic (exact) mass is 327 g/mol. The van der Waals surface area contributed by atoms with Crippen LogP contribution in [-0.4, -0.2) is 37.1 Å². The Labute approximate surface area is 130 Å². The molecule has 1 aliphatic heterocycles. The predicted octanol–water partition coefficient (Wildman–Crippen LogP) is 2.09. The Morgan fingerprint density at radius 3 is 2.67 bits per heavy atom. The second-order valence-corrected chi connectivity index (χ2v) is 9.21. The Kier molecular flexibility index (Phi) is 4.68. The van der Waals surface area contributed by atoms with E-state index in [1.54, 1.807) is 6.92 Å². The molecule has 1 aliphatic rings. The zero-order valence-electron chi connectivity index (χ0n) is 12.6. The van der Waals surface area contributed by atoms with Crippen molar-refractivity contribution in [3.63, 3.8) is 0 Å². The summed E-state index contributed by atoms with van der Waals surface area (Å²) in [5.74, 6) is 0.396. The fourth-order valence-electron chi connectivity index (χ4n) is 2.59. The van der Waals surface area contributed by atoms with Gasteiger partial charge in [0, 0.05) is 4.90 Å². The lowest BCUT2D eigenvalue weighted by Crippen LogP contribution is -2.47. The standard InChI is InChI=1S/C15H21NO3S2/c1-11-4-5-13(12(2)8-11)20-9-14(17)16-15(3)6-7-21(18,19)10-15/h4-5,8H,6-7,9-10H2,1-3H3,(H,16,17)/t15-/m0/s1. The van der Waals surface area contributed by atoms with Crippen LogP contribution in [0.15, 0.2) is 23.1 Å². The molecule has 1 heterocycles. The third-order valence-corrected chi connectivity index (χ3v) is 6.71. The molecule has 1 aromatic rings. The molecule has 0 unspecified atom stereocenters. The first kappa shape index (κ1) is 16.4. The number of carbonyl (C=O) groups is 1. The van der Waals surface area contributed by atoms with Gasteiger partial charge in [0.05, 0.1) is 22.8 Å². The maximum atomic E-state index is 12.0. The van der Waals surface area contributed by atoms with Crippen molar-refractivity contribution in [2.45, 2.75) is 37.6 Å². The quantitative estimate of drug-likeness (QED) is 0.860. The number of aryl methyl sites for hydroxylation is 2. The van der Waals surface area contributed by atoms with Crippen LogP contribution in [0.5, 0.6) is 0 Å². The minimum absolute atomic E-state index is 0.0416. The van der Waals surface area contributed by atoms with Crippen LogP contribution in [0, 0.1) is 13.8 Å². The van der Waals surface area contributed by atoms with E-state index in [0.717, 1.165) is 10.5 Å². The second kappa shape index (κ2) is 6.01. The topological polar surface area (TPSA) is 63.2 Å². The number of thioether (sulfide) groups is 1. The molecule has 0 saturated carbocycles. The Morgan fingerprint density at radius 1 is 1.38 bits per heavy atom. The number of hydrogen-bond acceptors (Lipinski definition) is 4. The lowest BCUT2D eigenvalue weighted by molar-refractivity contribution is -0.120. The predicted molar refractivity (Wildman–Crippen MR) is 86.5 cm³/mol. The molecule has 1 amide bonds. The maximum Gasteiger partial charge on any atom is 0.230 e. The minimum Gasteiger partial charge on any atom is -0.349 e. The number of hydrogen-bond donors (Lipinski definition) is 1. The van der Waals surface area contributed by atoms with Crippen molar-refractivity contribution in [1.29, 1.82) is 0 Å². The molecular formula is C15H21NO3S2. The van der Waals surface area contributed by atoms with Gasteiger partial charge < -0.3 is 5.32 Å². The minimum atomic E-state index is -3.00. The van der Waals surface area contributed by atoms with Crippen LogP contribution in [-0.2, 0) is 14.6 Å². The van der Waals surface area contributed by atoms with Crippen molar-refractivity contribution < 1.29 is 13.2 Å². The van der Waals surface area contributed by atoms with Gasteiger partial charge in [0.25, 0.3) is 0 Å². The number of amides is 1. The van der Waals surface area contributed by atoms with Gasteiger partial charge in [-0.3, -0.25) is 4.79 Å². The smallest absolute Gasteiger partial charge is 0.230 e. The molecule has 1 fully saturated rings. The average Bonchev–Trinajstić information content (AvgIpc) is 2.62. The van der Waals surface area contributed by atoms with Gasteiger partial charge in [-0.2, -0.15) is 0 Å². The highest BCUT2D eigenvalue weighted by molar-refractivity contribution is 8.00. The summed E-state index contributed by atoms with van der Waals surface area (Å²) in [6, 6.07) is 6.13. The van der Waals surface area contributed by atoms with E-state index in [2.05, 4.69) is 11.4 Å². The first-order valence-electron chi connectivity index (χ1n) is 6.91. The normalized spacial score (nSPS) is 24.0. The number of rotatable bonds is 4. The van der Waals surface area contributed by atoms with Crippen molar-refractivity contribution >= 4 is 27.5 Å². The number of sulfone groups is 1. The molecule has 0 aliphatic carbocycles. The van der Waals surface area contributed by atoms with Crippen LogP contribution in [0.25, 0.3) is 0 Å². The van der Waals surface area contributed by atoms with Crippen LogP contribution in [0.3, 0.4) is 0 Å². The highest BCUT2D eigenvalue weighted by Crippen LogP contribution is 2.25. The zero-order chi connectivity index (χ0) is 15.7. The molecule has 4 nitrogen and oxygen atoms in total. The van der Waals surface area contributed by atoms with E-state index in [9.17, 15) is 13.2 Å². The van der Waals surface area contributed by atoms with Gasteiger partial charge in [-0.15, -0.1) is 11.8 Å². The lowest BCUT2D eigenvalue weighted by atomic mass is 10.0. The summed E-state index contributed by atoms with van der Waals surface area (Å²) in [5, 5.41) is 2.87.